The third-order valence-corrected chi connectivity index (χ3v) is 6.39. The van der Waals surface area contributed by atoms with Gasteiger partial charge in [0.25, 0.3) is 0 Å². The van der Waals surface area contributed by atoms with Gasteiger partial charge >= 0.3 is 0 Å². The van der Waals surface area contributed by atoms with Crippen molar-refractivity contribution >= 4 is 44.8 Å². The normalized spacial score (nSPS) is 17.4. The van der Waals surface area contributed by atoms with Crippen molar-refractivity contribution in [2.24, 2.45) is 5.92 Å². The summed E-state index contributed by atoms with van der Waals surface area (Å²) in [4.78, 5) is 12.2. The number of carbonyl (C=O) groups excluding carboxylic acids is 1. The van der Waals surface area contributed by atoms with E-state index in [-0.39, 0.29) is 17.6 Å². The van der Waals surface area contributed by atoms with E-state index in [1.54, 1.807) is 25.1 Å². The maximum absolute atomic E-state index is 12.2. The van der Waals surface area contributed by atoms with Gasteiger partial charge in [-0.05, 0) is 38.0 Å². The van der Waals surface area contributed by atoms with Gasteiger partial charge in [-0.25, -0.2) is 12.7 Å². The zero-order valence-corrected chi connectivity index (χ0v) is 14.5. The van der Waals surface area contributed by atoms with E-state index >= 15 is 0 Å². The van der Waals surface area contributed by atoms with E-state index in [4.69, 9.17) is 23.2 Å². The first-order valence-corrected chi connectivity index (χ1v) is 9.43. The number of anilines is 1. The molecule has 0 aromatic heterocycles. The van der Waals surface area contributed by atoms with Gasteiger partial charge < -0.3 is 5.32 Å². The lowest BCUT2D eigenvalue weighted by molar-refractivity contribution is -0.120. The fourth-order valence-corrected chi connectivity index (χ4v) is 3.83. The second-order valence-corrected chi connectivity index (χ2v) is 8.26. The summed E-state index contributed by atoms with van der Waals surface area (Å²) in [6.07, 6.45) is 1.04. The van der Waals surface area contributed by atoms with Gasteiger partial charge in [-0.1, -0.05) is 23.2 Å². The van der Waals surface area contributed by atoms with Crippen LogP contribution in [0.15, 0.2) is 18.2 Å². The molecule has 0 saturated carbocycles. The van der Waals surface area contributed by atoms with E-state index in [9.17, 15) is 13.2 Å². The molecular weight excluding hydrogens is 347 g/mol. The molecular formula is C14H18Cl2N2O3S. The van der Waals surface area contributed by atoms with E-state index in [0.717, 1.165) is 0 Å². The lowest BCUT2D eigenvalue weighted by atomic mass is 9.97. The molecule has 2 rings (SSSR count). The third kappa shape index (κ3) is 4.13. The molecule has 1 aromatic rings. The molecule has 0 spiro atoms. The molecule has 122 valence electrons. The maximum Gasteiger partial charge on any atom is 0.227 e. The Balaban J connectivity index is 1.94. The van der Waals surface area contributed by atoms with Gasteiger partial charge in [-0.3, -0.25) is 4.79 Å². The molecule has 1 amide bonds. The molecule has 0 bridgehead atoms. The maximum atomic E-state index is 12.2. The second-order valence-electron chi connectivity index (χ2n) is 5.19. The van der Waals surface area contributed by atoms with Gasteiger partial charge in [0.15, 0.2) is 0 Å². The zero-order chi connectivity index (χ0) is 16.3. The Bertz CT molecular complexity index is 656. The molecule has 0 aliphatic carbocycles. The van der Waals surface area contributed by atoms with Crippen molar-refractivity contribution in [3.05, 3.63) is 28.2 Å². The van der Waals surface area contributed by atoms with Gasteiger partial charge in [0.2, 0.25) is 15.9 Å². The highest BCUT2D eigenvalue weighted by molar-refractivity contribution is 7.89. The Morgan fingerprint density at radius 2 is 1.91 bits per heavy atom. The summed E-state index contributed by atoms with van der Waals surface area (Å²) in [5.41, 5.74) is 0.586. The van der Waals surface area contributed by atoms with E-state index in [1.807, 2.05) is 0 Å². The van der Waals surface area contributed by atoms with Crippen LogP contribution in [0.4, 0.5) is 5.69 Å². The molecule has 1 aliphatic rings. The van der Waals surface area contributed by atoms with Crippen molar-refractivity contribution in [1.29, 1.82) is 0 Å². The van der Waals surface area contributed by atoms with Crippen LogP contribution < -0.4 is 5.32 Å². The first-order valence-electron chi connectivity index (χ1n) is 7.07. The highest BCUT2D eigenvalue weighted by Crippen LogP contribution is 2.26. The monoisotopic (exact) mass is 364 g/mol. The number of hydrogen-bond donors (Lipinski definition) is 1. The fourth-order valence-electron chi connectivity index (χ4n) is 2.40. The Morgan fingerprint density at radius 3 is 2.45 bits per heavy atom. The van der Waals surface area contributed by atoms with E-state index in [0.29, 0.717) is 41.7 Å². The minimum Gasteiger partial charge on any atom is -0.326 e. The molecule has 1 N–H and O–H groups in total. The molecule has 0 atom stereocenters. The molecule has 22 heavy (non-hydrogen) atoms. The van der Waals surface area contributed by atoms with Crippen LogP contribution >= 0.6 is 23.2 Å². The summed E-state index contributed by atoms with van der Waals surface area (Å²) in [7, 11) is -3.17. The number of nitrogens with one attached hydrogen (secondary N) is 1. The molecule has 1 fully saturated rings. The summed E-state index contributed by atoms with van der Waals surface area (Å²) >= 11 is 11.7. The van der Waals surface area contributed by atoms with E-state index in [2.05, 4.69) is 5.32 Å². The molecule has 1 aliphatic heterocycles. The number of amides is 1. The van der Waals surface area contributed by atoms with Crippen LogP contribution in [0.3, 0.4) is 0 Å². The standard InChI is InChI=1S/C14H18Cl2N2O3S/c1-2-22(20,21)18-7-5-10(6-8-18)14(19)17-11-3-4-12(15)13(16)9-11/h3-4,9-10H,2,5-8H2,1H3,(H,17,19). The summed E-state index contributed by atoms with van der Waals surface area (Å²) in [6.45, 7) is 2.39. The van der Waals surface area contributed by atoms with Crippen molar-refractivity contribution in [2.45, 2.75) is 19.8 Å². The van der Waals surface area contributed by atoms with E-state index < -0.39 is 10.0 Å². The predicted octanol–water partition coefficient (Wildman–Crippen LogP) is 2.99. The van der Waals surface area contributed by atoms with Crippen molar-refractivity contribution in [3.63, 3.8) is 0 Å². The van der Waals surface area contributed by atoms with Gasteiger partial charge in [0.05, 0.1) is 15.8 Å². The topological polar surface area (TPSA) is 66.5 Å². The molecule has 0 radical (unpaired) electrons. The number of benzene rings is 1. The average molecular weight is 365 g/mol. The van der Waals surface area contributed by atoms with Crippen LogP contribution in [0.1, 0.15) is 19.8 Å². The van der Waals surface area contributed by atoms with Crippen LogP contribution in [0.25, 0.3) is 0 Å². The number of carbonyl (C=O) groups is 1. The number of rotatable bonds is 4. The van der Waals surface area contributed by atoms with Crippen LogP contribution in [0.5, 0.6) is 0 Å². The van der Waals surface area contributed by atoms with Crippen LogP contribution in [-0.4, -0.2) is 37.5 Å². The van der Waals surface area contributed by atoms with Gasteiger partial charge in [0, 0.05) is 24.7 Å². The van der Waals surface area contributed by atoms with E-state index in [1.165, 1.54) is 4.31 Å². The van der Waals surface area contributed by atoms with Gasteiger partial charge in [0.1, 0.15) is 0 Å². The third-order valence-electron chi connectivity index (χ3n) is 3.77. The molecule has 1 saturated heterocycles. The van der Waals surface area contributed by atoms with Gasteiger partial charge in [-0.15, -0.1) is 0 Å². The number of hydrogen-bond acceptors (Lipinski definition) is 3. The molecule has 0 unspecified atom stereocenters. The molecule has 1 aromatic carbocycles. The minimum atomic E-state index is -3.17. The smallest absolute Gasteiger partial charge is 0.227 e. The SMILES string of the molecule is CCS(=O)(=O)N1CCC(C(=O)Nc2ccc(Cl)c(Cl)c2)CC1. The van der Waals surface area contributed by atoms with Crippen LogP contribution in [0.2, 0.25) is 10.0 Å². The number of sulfonamides is 1. The van der Waals surface area contributed by atoms with Crippen LogP contribution in [0, 0.1) is 5.92 Å². The lowest BCUT2D eigenvalue weighted by Crippen LogP contribution is -2.42. The summed E-state index contributed by atoms with van der Waals surface area (Å²) < 4.78 is 25.0. The number of nitrogens with zero attached hydrogens (tertiary/aromatic N) is 1. The number of piperidine rings is 1. The first-order chi connectivity index (χ1) is 10.3. The molecule has 1 heterocycles. The average Bonchev–Trinajstić information content (AvgIpc) is 2.51. The minimum absolute atomic E-state index is 0.0904. The number of halogens is 2. The highest BCUT2D eigenvalue weighted by atomic mass is 35.5. The van der Waals surface area contributed by atoms with Crippen molar-refractivity contribution in [3.8, 4) is 0 Å². The van der Waals surface area contributed by atoms with Crippen molar-refractivity contribution in [1.82, 2.24) is 4.31 Å². The summed E-state index contributed by atoms with van der Waals surface area (Å²) in [6, 6.07) is 4.90. The largest absolute Gasteiger partial charge is 0.326 e. The Morgan fingerprint density at radius 1 is 1.27 bits per heavy atom. The quantitative estimate of drug-likeness (QED) is 0.892. The zero-order valence-electron chi connectivity index (χ0n) is 12.2. The fraction of sp³-hybridized carbons (Fsp3) is 0.500. The van der Waals surface area contributed by atoms with Gasteiger partial charge in [-0.2, -0.15) is 0 Å². The second kappa shape index (κ2) is 7.17. The Kier molecular flexibility index (Phi) is 5.71. The Hall–Kier alpha value is -0.820. The highest BCUT2D eigenvalue weighted by Gasteiger charge is 2.30. The molecule has 5 nitrogen and oxygen atoms in total. The molecule has 8 heteroatoms. The predicted molar refractivity (Wildman–Crippen MR) is 88.8 cm³/mol. The summed E-state index contributed by atoms with van der Waals surface area (Å²) in [5, 5.41) is 3.60. The van der Waals surface area contributed by atoms with Crippen LogP contribution in [-0.2, 0) is 14.8 Å². The Labute approximate surface area is 140 Å². The summed E-state index contributed by atoms with van der Waals surface area (Å²) in [5.74, 6) is -0.225. The van der Waals surface area contributed by atoms with Crippen molar-refractivity contribution in [2.75, 3.05) is 24.2 Å². The first kappa shape index (κ1) is 17.5. The lowest BCUT2D eigenvalue weighted by Gasteiger charge is -2.30. The van der Waals surface area contributed by atoms with Crippen molar-refractivity contribution < 1.29 is 13.2 Å².